The van der Waals surface area contributed by atoms with E-state index in [1.807, 2.05) is 0 Å². The Morgan fingerprint density at radius 3 is 2.16 bits per heavy atom. The van der Waals surface area contributed by atoms with Gasteiger partial charge in [0.2, 0.25) is 0 Å². The molecule has 0 aliphatic carbocycles. The molecule has 0 atom stereocenters. The van der Waals surface area contributed by atoms with Gasteiger partial charge in [-0.2, -0.15) is 13.2 Å². The van der Waals surface area contributed by atoms with Gasteiger partial charge < -0.3 is 10.2 Å². The monoisotopic (exact) mass is 446 g/mol. The second kappa shape index (κ2) is 8.81. The Bertz CT molecular complexity index is 1130. The van der Waals surface area contributed by atoms with Gasteiger partial charge in [0.25, 0.3) is 11.8 Å². The van der Waals surface area contributed by atoms with E-state index in [-0.39, 0.29) is 21.8 Å². The first-order valence-electron chi connectivity index (χ1n) is 9.18. The molecule has 2 amide bonds. The quantitative estimate of drug-likeness (QED) is 0.536. The number of anilines is 1. The van der Waals surface area contributed by atoms with Crippen LogP contribution in [0.4, 0.5) is 18.9 Å². The summed E-state index contributed by atoms with van der Waals surface area (Å²) in [7, 11) is 3.03. The van der Waals surface area contributed by atoms with Crippen molar-refractivity contribution in [3.63, 3.8) is 0 Å². The second-order valence-corrected chi connectivity index (χ2v) is 7.32. The molecule has 0 bridgehead atoms. The average Bonchev–Trinajstić information content (AvgIpc) is 2.74. The molecule has 3 aromatic rings. The molecule has 1 N–H and O–H groups in total. The summed E-state index contributed by atoms with van der Waals surface area (Å²) in [6.45, 7) is 0. The number of carbonyl (C=O) groups is 2. The number of amides is 2. The van der Waals surface area contributed by atoms with E-state index < -0.39 is 29.1 Å². The number of para-hydroxylation sites is 1. The molecule has 0 radical (unpaired) electrons. The van der Waals surface area contributed by atoms with Crippen LogP contribution in [-0.4, -0.2) is 30.8 Å². The zero-order chi connectivity index (χ0) is 22.8. The Labute approximate surface area is 182 Å². The first kappa shape index (κ1) is 22.4. The number of benzene rings is 3. The maximum Gasteiger partial charge on any atom is 0.417 e. The van der Waals surface area contributed by atoms with Crippen molar-refractivity contribution < 1.29 is 22.8 Å². The molecule has 0 saturated carbocycles. The lowest BCUT2D eigenvalue weighted by Crippen LogP contribution is -2.25. The van der Waals surface area contributed by atoms with Gasteiger partial charge in [-0.15, -0.1) is 0 Å². The van der Waals surface area contributed by atoms with E-state index in [1.165, 1.54) is 49.3 Å². The van der Waals surface area contributed by atoms with Crippen molar-refractivity contribution in [1.29, 1.82) is 0 Å². The molecule has 3 aromatic carbocycles. The van der Waals surface area contributed by atoms with Gasteiger partial charge in [-0.05, 0) is 29.3 Å². The molecule has 4 nitrogen and oxygen atoms in total. The number of nitrogens with zero attached hydrogens (tertiary/aromatic N) is 1. The summed E-state index contributed by atoms with van der Waals surface area (Å²) in [6.07, 6.45) is -4.76. The number of carbonyl (C=O) groups excluding carboxylic acids is 2. The van der Waals surface area contributed by atoms with Gasteiger partial charge in [0.15, 0.2) is 0 Å². The molecular weight excluding hydrogens is 429 g/mol. The minimum absolute atomic E-state index is 0.0341. The van der Waals surface area contributed by atoms with E-state index >= 15 is 0 Å². The molecule has 31 heavy (non-hydrogen) atoms. The molecule has 0 aliphatic heterocycles. The van der Waals surface area contributed by atoms with E-state index in [9.17, 15) is 22.8 Å². The number of rotatable bonds is 4. The maximum absolute atomic E-state index is 13.8. The van der Waals surface area contributed by atoms with Crippen LogP contribution in [0.2, 0.25) is 5.02 Å². The fourth-order valence-corrected chi connectivity index (χ4v) is 3.36. The number of hydrogen-bond acceptors (Lipinski definition) is 2. The van der Waals surface area contributed by atoms with Crippen LogP contribution in [0.5, 0.6) is 0 Å². The fourth-order valence-electron chi connectivity index (χ4n) is 3.14. The van der Waals surface area contributed by atoms with Crippen molar-refractivity contribution >= 4 is 29.1 Å². The Morgan fingerprint density at radius 1 is 0.903 bits per heavy atom. The number of hydrogen-bond donors (Lipinski definition) is 1. The number of alkyl halides is 3. The normalized spacial score (nSPS) is 11.2. The first-order chi connectivity index (χ1) is 14.6. The molecule has 0 aliphatic rings. The predicted molar refractivity (Wildman–Crippen MR) is 114 cm³/mol. The highest BCUT2D eigenvalue weighted by molar-refractivity contribution is 6.35. The van der Waals surface area contributed by atoms with Crippen molar-refractivity contribution in [1.82, 2.24) is 4.90 Å². The Morgan fingerprint density at radius 2 is 1.55 bits per heavy atom. The van der Waals surface area contributed by atoms with Crippen LogP contribution in [0.1, 0.15) is 26.3 Å². The summed E-state index contributed by atoms with van der Waals surface area (Å²) in [5, 5.41) is 2.47. The second-order valence-electron chi connectivity index (χ2n) is 6.91. The molecule has 0 unspecified atom stereocenters. The highest BCUT2D eigenvalue weighted by Gasteiger charge is 2.37. The molecule has 0 aromatic heterocycles. The van der Waals surface area contributed by atoms with Gasteiger partial charge >= 0.3 is 6.18 Å². The van der Waals surface area contributed by atoms with Gasteiger partial charge in [-0.25, -0.2) is 0 Å². The molecule has 3 rings (SSSR count). The maximum atomic E-state index is 13.8. The van der Waals surface area contributed by atoms with Crippen LogP contribution in [0.3, 0.4) is 0 Å². The molecule has 0 spiro atoms. The summed E-state index contributed by atoms with van der Waals surface area (Å²) < 4.78 is 41.3. The van der Waals surface area contributed by atoms with Crippen LogP contribution in [-0.2, 0) is 6.18 Å². The Hall–Kier alpha value is -3.32. The number of halogens is 4. The Kier molecular flexibility index (Phi) is 6.36. The summed E-state index contributed by atoms with van der Waals surface area (Å²) >= 11 is 6.19. The molecule has 0 fully saturated rings. The van der Waals surface area contributed by atoms with Crippen LogP contribution < -0.4 is 5.32 Å². The highest BCUT2D eigenvalue weighted by atomic mass is 35.5. The third-order valence-electron chi connectivity index (χ3n) is 4.57. The summed E-state index contributed by atoms with van der Waals surface area (Å²) in [4.78, 5) is 26.9. The van der Waals surface area contributed by atoms with Crippen LogP contribution in [0, 0.1) is 0 Å². The van der Waals surface area contributed by atoms with E-state index in [0.717, 1.165) is 6.07 Å². The topological polar surface area (TPSA) is 49.4 Å². The van der Waals surface area contributed by atoms with Crippen molar-refractivity contribution in [3.05, 3.63) is 88.4 Å². The van der Waals surface area contributed by atoms with Crippen LogP contribution >= 0.6 is 11.6 Å². The number of nitrogens with one attached hydrogen (secondary N) is 1. The van der Waals surface area contributed by atoms with Gasteiger partial charge in [0, 0.05) is 14.1 Å². The van der Waals surface area contributed by atoms with E-state index in [4.69, 9.17) is 11.6 Å². The minimum atomic E-state index is -4.76. The van der Waals surface area contributed by atoms with Gasteiger partial charge in [0.1, 0.15) is 0 Å². The lowest BCUT2D eigenvalue weighted by molar-refractivity contribution is -0.137. The third kappa shape index (κ3) is 4.72. The lowest BCUT2D eigenvalue weighted by atomic mass is 9.94. The summed E-state index contributed by atoms with van der Waals surface area (Å²) in [5.41, 5.74) is -1.06. The smallest absolute Gasteiger partial charge is 0.345 e. The Balaban J connectivity index is 2.17. The van der Waals surface area contributed by atoms with E-state index in [1.54, 1.807) is 30.3 Å². The molecule has 0 saturated heterocycles. The van der Waals surface area contributed by atoms with Crippen LogP contribution in [0.25, 0.3) is 11.1 Å². The summed E-state index contributed by atoms with van der Waals surface area (Å²) in [6, 6.07) is 16.2. The molecule has 8 heteroatoms. The van der Waals surface area contributed by atoms with Gasteiger partial charge in [-0.3, -0.25) is 9.59 Å². The van der Waals surface area contributed by atoms with Crippen molar-refractivity contribution in [3.8, 4) is 11.1 Å². The van der Waals surface area contributed by atoms with Crippen molar-refractivity contribution in [2.45, 2.75) is 6.18 Å². The molecule has 160 valence electrons. The zero-order valence-electron chi connectivity index (χ0n) is 16.6. The first-order valence-corrected chi connectivity index (χ1v) is 9.56. The molecule has 0 heterocycles. The fraction of sp³-hybridized carbons (Fsp3) is 0.130. The highest BCUT2D eigenvalue weighted by Crippen LogP contribution is 2.38. The minimum Gasteiger partial charge on any atom is -0.345 e. The van der Waals surface area contributed by atoms with Gasteiger partial charge in [0.05, 0.1) is 27.4 Å². The van der Waals surface area contributed by atoms with Crippen LogP contribution in [0.15, 0.2) is 66.7 Å². The molecular formula is C23H18ClF3N2O2. The average molecular weight is 447 g/mol. The van der Waals surface area contributed by atoms with Crippen molar-refractivity contribution in [2.75, 3.05) is 19.4 Å². The largest absolute Gasteiger partial charge is 0.417 e. The SMILES string of the molecule is CN(C)C(=O)c1cccc(Cl)c1NC(=O)c1c(-c2ccccc2)cccc1C(F)(F)F. The van der Waals surface area contributed by atoms with E-state index in [2.05, 4.69) is 5.32 Å². The van der Waals surface area contributed by atoms with E-state index in [0.29, 0.717) is 5.56 Å². The zero-order valence-corrected chi connectivity index (χ0v) is 17.4. The van der Waals surface area contributed by atoms with Gasteiger partial charge in [-0.1, -0.05) is 60.1 Å². The standard InChI is InChI=1S/C23H18ClF3N2O2/c1-29(2)22(31)16-11-7-13-18(24)20(16)28-21(30)19-15(14-8-4-3-5-9-14)10-6-12-17(19)23(25,26)27/h3-13H,1-2H3,(H,28,30). The summed E-state index contributed by atoms with van der Waals surface area (Å²) in [5.74, 6) is -1.47. The third-order valence-corrected chi connectivity index (χ3v) is 4.89. The predicted octanol–water partition coefficient (Wildman–Crippen LogP) is 5.98. The lowest BCUT2D eigenvalue weighted by Gasteiger charge is -2.19. The van der Waals surface area contributed by atoms with Crippen molar-refractivity contribution in [2.24, 2.45) is 0 Å².